The number of hydrogen-bond donors (Lipinski definition) is 0. The van der Waals surface area contributed by atoms with Gasteiger partial charge in [-0.25, -0.2) is 0 Å². The second-order valence-corrected chi connectivity index (χ2v) is 1.34. The van der Waals surface area contributed by atoms with Gasteiger partial charge in [-0.3, -0.25) is 9.98 Å². The van der Waals surface area contributed by atoms with E-state index in [1.165, 1.54) is 0 Å². The van der Waals surface area contributed by atoms with Crippen LogP contribution in [0.25, 0.3) is 0 Å². The van der Waals surface area contributed by atoms with Gasteiger partial charge in [-0.05, 0) is 20.6 Å². The van der Waals surface area contributed by atoms with E-state index in [9.17, 15) is 0 Å². The summed E-state index contributed by atoms with van der Waals surface area (Å²) >= 11 is 0. The van der Waals surface area contributed by atoms with Crippen molar-refractivity contribution in [2.24, 2.45) is 9.98 Å². The highest BCUT2D eigenvalue weighted by Gasteiger charge is 1.73. The summed E-state index contributed by atoms with van der Waals surface area (Å²) in [7, 11) is 0. The summed E-state index contributed by atoms with van der Waals surface area (Å²) in [5.74, 6) is 0. The van der Waals surface area contributed by atoms with Gasteiger partial charge in [0.1, 0.15) is 0 Å². The first-order chi connectivity index (χ1) is 3.81. The van der Waals surface area contributed by atoms with Crippen LogP contribution in [0.15, 0.2) is 21.9 Å². The molecule has 8 heavy (non-hydrogen) atoms. The van der Waals surface area contributed by atoms with Gasteiger partial charge in [-0.15, -0.1) is 0 Å². The maximum absolute atomic E-state index is 3.92. The first-order valence-electron chi connectivity index (χ1n) is 2.42. The molecule has 0 radical (unpaired) electrons. The molecule has 0 aliphatic heterocycles. The van der Waals surface area contributed by atoms with Crippen molar-refractivity contribution in [3.63, 3.8) is 0 Å². The molecule has 0 heterocycles. The number of hydrogen-bond acceptors (Lipinski definition) is 2. The van der Waals surface area contributed by atoms with Gasteiger partial charge in [0.05, 0.1) is 5.70 Å². The summed E-state index contributed by atoms with van der Waals surface area (Å²) in [6.07, 6.45) is 3.33. The van der Waals surface area contributed by atoms with E-state index < -0.39 is 0 Å². The van der Waals surface area contributed by atoms with Crippen LogP contribution in [0.1, 0.15) is 13.8 Å². The molecule has 0 rings (SSSR count). The van der Waals surface area contributed by atoms with Gasteiger partial charge in [0.25, 0.3) is 0 Å². The molecule has 0 aromatic carbocycles. The molecule has 0 saturated carbocycles. The zero-order valence-corrected chi connectivity index (χ0v) is 5.26. The zero-order valence-electron chi connectivity index (χ0n) is 5.26. The summed E-state index contributed by atoms with van der Waals surface area (Å²) in [6.45, 7) is 7.01. The highest BCUT2D eigenvalue weighted by molar-refractivity contribution is 5.55. The Labute approximate surface area is 49.7 Å². The van der Waals surface area contributed by atoms with Crippen LogP contribution < -0.4 is 0 Å². The average molecular weight is 110 g/mol. The molecule has 0 aromatic heterocycles. The van der Waals surface area contributed by atoms with Crippen LogP contribution in [0, 0.1) is 0 Å². The van der Waals surface area contributed by atoms with Crippen LogP contribution in [0.3, 0.4) is 0 Å². The van der Waals surface area contributed by atoms with Gasteiger partial charge in [0.2, 0.25) is 0 Å². The lowest BCUT2D eigenvalue weighted by Crippen LogP contribution is -1.65. The molecule has 0 fully saturated rings. The number of aliphatic imine (C=N–C) groups is 2. The molecule has 0 aliphatic carbocycles. The second kappa shape index (κ2) is 4.24. The van der Waals surface area contributed by atoms with Crippen LogP contribution in [-0.4, -0.2) is 12.9 Å². The molecular formula is C6H10N2. The van der Waals surface area contributed by atoms with Crippen molar-refractivity contribution in [3.8, 4) is 0 Å². The van der Waals surface area contributed by atoms with Gasteiger partial charge in [-0.2, -0.15) is 0 Å². The van der Waals surface area contributed by atoms with Gasteiger partial charge < -0.3 is 0 Å². The molecule has 0 bridgehead atoms. The SMILES string of the molecule is C=N/C=C(C)\N=C/C. The third-order valence-electron chi connectivity index (χ3n) is 0.611. The molecule has 0 N–H and O–H groups in total. The van der Waals surface area contributed by atoms with E-state index in [0.717, 1.165) is 5.70 Å². The van der Waals surface area contributed by atoms with Gasteiger partial charge in [-0.1, -0.05) is 0 Å². The minimum Gasteiger partial charge on any atom is -0.271 e. The Hall–Kier alpha value is -0.920. The van der Waals surface area contributed by atoms with Crippen molar-refractivity contribution in [1.82, 2.24) is 0 Å². The van der Waals surface area contributed by atoms with Gasteiger partial charge in [0.15, 0.2) is 0 Å². The second-order valence-electron chi connectivity index (χ2n) is 1.34. The Morgan fingerprint density at radius 1 is 1.62 bits per heavy atom. The van der Waals surface area contributed by atoms with Crippen LogP contribution in [-0.2, 0) is 0 Å². The normalized spacial score (nSPS) is 12.5. The molecule has 0 atom stereocenters. The first-order valence-corrected chi connectivity index (χ1v) is 2.42. The van der Waals surface area contributed by atoms with Gasteiger partial charge in [0, 0.05) is 12.4 Å². The standard InChI is InChI=1S/C6H10N2/c1-4-8-6(2)5-7-3/h4-5H,3H2,1-2H3/b6-5-,8-4-. The van der Waals surface area contributed by atoms with Crippen molar-refractivity contribution in [2.75, 3.05) is 0 Å². The lowest BCUT2D eigenvalue weighted by molar-refractivity contribution is 1.28. The third-order valence-corrected chi connectivity index (χ3v) is 0.611. The maximum atomic E-state index is 3.92. The zero-order chi connectivity index (χ0) is 6.41. The maximum Gasteiger partial charge on any atom is 0.0550 e. The van der Waals surface area contributed by atoms with Crippen LogP contribution in [0.4, 0.5) is 0 Å². The summed E-state index contributed by atoms with van der Waals surface area (Å²) < 4.78 is 0. The molecule has 0 amide bonds. The minimum absolute atomic E-state index is 0.877. The van der Waals surface area contributed by atoms with E-state index >= 15 is 0 Å². The van der Waals surface area contributed by atoms with Crippen molar-refractivity contribution >= 4 is 12.9 Å². The molecular weight excluding hydrogens is 100 g/mol. The first kappa shape index (κ1) is 7.08. The van der Waals surface area contributed by atoms with Crippen molar-refractivity contribution in [2.45, 2.75) is 13.8 Å². The van der Waals surface area contributed by atoms with Crippen LogP contribution in [0.5, 0.6) is 0 Å². The van der Waals surface area contributed by atoms with E-state index in [2.05, 4.69) is 16.7 Å². The molecule has 0 unspecified atom stereocenters. The lowest BCUT2D eigenvalue weighted by atomic mass is 10.5. The molecule has 2 heteroatoms. The molecule has 0 aliphatic rings. The smallest absolute Gasteiger partial charge is 0.0550 e. The molecule has 0 aromatic rings. The molecule has 2 nitrogen and oxygen atoms in total. The van der Waals surface area contributed by atoms with E-state index in [4.69, 9.17) is 0 Å². The quantitative estimate of drug-likeness (QED) is 0.483. The Kier molecular flexibility index (Phi) is 3.76. The number of nitrogens with zero attached hydrogens (tertiary/aromatic N) is 2. The lowest BCUT2D eigenvalue weighted by Gasteiger charge is -1.82. The topological polar surface area (TPSA) is 24.7 Å². The van der Waals surface area contributed by atoms with Gasteiger partial charge >= 0.3 is 0 Å². The Morgan fingerprint density at radius 3 is 2.62 bits per heavy atom. The fraction of sp³-hybridized carbons (Fsp3) is 0.333. The Bertz CT molecular complexity index is 122. The Morgan fingerprint density at radius 2 is 2.25 bits per heavy atom. The Balaban J connectivity index is 3.79. The summed E-state index contributed by atoms with van der Waals surface area (Å²) in [4.78, 5) is 7.45. The van der Waals surface area contributed by atoms with E-state index in [-0.39, 0.29) is 0 Å². The summed E-state index contributed by atoms with van der Waals surface area (Å²) in [5, 5.41) is 0. The molecule has 0 saturated heterocycles. The average Bonchev–Trinajstić information content (AvgIpc) is 1.68. The largest absolute Gasteiger partial charge is 0.271 e. The van der Waals surface area contributed by atoms with Crippen molar-refractivity contribution < 1.29 is 0 Å². The predicted octanol–water partition coefficient (Wildman–Crippen LogP) is 1.64. The number of allylic oxidation sites excluding steroid dienone is 1. The third kappa shape index (κ3) is 3.28. The van der Waals surface area contributed by atoms with E-state index in [1.807, 2.05) is 13.8 Å². The van der Waals surface area contributed by atoms with E-state index in [1.54, 1.807) is 12.4 Å². The summed E-state index contributed by atoms with van der Waals surface area (Å²) in [5.41, 5.74) is 0.877. The molecule has 0 spiro atoms. The van der Waals surface area contributed by atoms with Crippen LogP contribution in [0.2, 0.25) is 0 Å². The monoisotopic (exact) mass is 110 g/mol. The number of rotatable bonds is 2. The molecule has 44 valence electrons. The fourth-order valence-electron chi connectivity index (χ4n) is 0.369. The summed E-state index contributed by atoms with van der Waals surface area (Å²) in [6, 6.07) is 0. The van der Waals surface area contributed by atoms with Crippen molar-refractivity contribution in [1.29, 1.82) is 0 Å². The minimum atomic E-state index is 0.877. The predicted molar refractivity (Wildman–Crippen MR) is 37.5 cm³/mol. The highest BCUT2D eigenvalue weighted by atomic mass is 14.8. The van der Waals surface area contributed by atoms with Crippen LogP contribution >= 0.6 is 0 Å². The highest BCUT2D eigenvalue weighted by Crippen LogP contribution is 1.90. The fourth-order valence-corrected chi connectivity index (χ4v) is 0.369. The van der Waals surface area contributed by atoms with E-state index in [0.29, 0.717) is 0 Å². The van der Waals surface area contributed by atoms with Crippen molar-refractivity contribution in [3.05, 3.63) is 11.9 Å².